The Labute approximate surface area is 93.1 Å². The first-order valence-corrected chi connectivity index (χ1v) is 5.02. The van der Waals surface area contributed by atoms with E-state index >= 15 is 0 Å². The minimum Gasteiger partial charge on any atom is -0.486 e. The van der Waals surface area contributed by atoms with Crippen molar-refractivity contribution >= 4 is 11.5 Å². The van der Waals surface area contributed by atoms with Gasteiger partial charge in [-0.25, -0.2) is 4.79 Å². The Morgan fingerprint density at radius 2 is 2.00 bits per heavy atom. The molecule has 0 saturated carbocycles. The Balaban J connectivity index is 2.40. The average molecular weight is 220 g/mol. The van der Waals surface area contributed by atoms with E-state index in [1.165, 1.54) is 0 Å². The molecule has 0 atom stereocenters. The molecule has 0 radical (unpaired) electrons. The first-order valence-electron chi connectivity index (χ1n) is 5.02. The molecule has 1 aromatic rings. The SMILES string of the molecule is CC=C(C(=O)O)c1ccc2c(c1)OCCO2. The van der Waals surface area contributed by atoms with Crippen LogP contribution in [0.1, 0.15) is 12.5 Å². The minimum absolute atomic E-state index is 0.261. The van der Waals surface area contributed by atoms with Crippen molar-refractivity contribution in [1.29, 1.82) is 0 Å². The van der Waals surface area contributed by atoms with Gasteiger partial charge < -0.3 is 14.6 Å². The fourth-order valence-electron chi connectivity index (χ4n) is 1.62. The molecule has 0 spiro atoms. The second-order valence-electron chi connectivity index (χ2n) is 3.37. The number of carbonyl (C=O) groups is 1. The molecule has 4 heteroatoms. The van der Waals surface area contributed by atoms with Gasteiger partial charge in [-0.2, -0.15) is 0 Å². The molecule has 1 aromatic carbocycles. The van der Waals surface area contributed by atoms with Gasteiger partial charge in [0, 0.05) is 0 Å². The summed E-state index contributed by atoms with van der Waals surface area (Å²) in [5.41, 5.74) is 0.885. The maximum Gasteiger partial charge on any atom is 0.335 e. The highest BCUT2D eigenvalue weighted by molar-refractivity contribution is 6.15. The second-order valence-corrected chi connectivity index (χ2v) is 3.37. The molecule has 0 aliphatic carbocycles. The smallest absolute Gasteiger partial charge is 0.335 e. The summed E-state index contributed by atoms with van der Waals surface area (Å²) in [7, 11) is 0. The van der Waals surface area contributed by atoms with Crippen LogP contribution in [0.4, 0.5) is 0 Å². The zero-order valence-electron chi connectivity index (χ0n) is 8.90. The lowest BCUT2D eigenvalue weighted by Gasteiger charge is -2.18. The van der Waals surface area contributed by atoms with E-state index in [1.54, 1.807) is 31.2 Å². The molecule has 16 heavy (non-hydrogen) atoms. The van der Waals surface area contributed by atoms with Crippen LogP contribution in [0.3, 0.4) is 0 Å². The van der Waals surface area contributed by atoms with Crippen LogP contribution in [-0.4, -0.2) is 24.3 Å². The number of aliphatic carboxylic acids is 1. The number of carboxylic acids is 1. The third-order valence-electron chi connectivity index (χ3n) is 2.37. The van der Waals surface area contributed by atoms with Crippen molar-refractivity contribution in [2.75, 3.05) is 13.2 Å². The quantitative estimate of drug-likeness (QED) is 0.774. The second kappa shape index (κ2) is 4.26. The largest absolute Gasteiger partial charge is 0.486 e. The molecule has 84 valence electrons. The Morgan fingerprint density at radius 1 is 1.31 bits per heavy atom. The van der Waals surface area contributed by atoms with Gasteiger partial charge in [0.1, 0.15) is 13.2 Å². The predicted molar refractivity (Wildman–Crippen MR) is 58.7 cm³/mol. The summed E-state index contributed by atoms with van der Waals surface area (Å²) in [5.74, 6) is 0.319. The average Bonchev–Trinajstić information content (AvgIpc) is 2.29. The zero-order valence-corrected chi connectivity index (χ0v) is 8.90. The molecule has 1 aliphatic heterocycles. The molecule has 0 aromatic heterocycles. The number of carboxylic acid groups (broad SMARTS) is 1. The highest BCUT2D eigenvalue weighted by Gasteiger charge is 2.15. The summed E-state index contributed by atoms with van der Waals surface area (Å²) in [5, 5.41) is 8.99. The first-order chi connectivity index (χ1) is 7.72. The Hall–Kier alpha value is -1.97. The summed E-state index contributed by atoms with van der Waals surface area (Å²) in [4.78, 5) is 11.0. The molecule has 0 amide bonds. The third-order valence-corrected chi connectivity index (χ3v) is 2.37. The van der Waals surface area contributed by atoms with E-state index in [1.807, 2.05) is 0 Å². The normalized spacial score (nSPS) is 14.7. The maximum atomic E-state index is 11.0. The summed E-state index contributed by atoms with van der Waals surface area (Å²) in [6.45, 7) is 2.72. The number of benzene rings is 1. The van der Waals surface area contributed by atoms with Gasteiger partial charge in [0.15, 0.2) is 11.5 Å². The summed E-state index contributed by atoms with van der Waals surface area (Å²) in [6, 6.07) is 5.14. The fraction of sp³-hybridized carbons (Fsp3) is 0.250. The summed E-state index contributed by atoms with van der Waals surface area (Å²) < 4.78 is 10.8. The molecule has 1 N–H and O–H groups in total. The van der Waals surface area contributed by atoms with Gasteiger partial charge in [-0.3, -0.25) is 0 Å². The molecule has 0 saturated heterocycles. The van der Waals surface area contributed by atoms with Gasteiger partial charge in [0.05, 0.1) is 5.57 Å². The number of hydrogen-bond acceptors (Lipinski definition) is 3. The van der Waals surface area contributed by atoms with Crippen LogP contribution in [0.5, 0.6) is 11.5 Å². The molecule has 1 heterocycles. The van der Waals surface area contributed by atoms with E-state index in [0.29, 0.717) is 30.3 Å². The van der Waals surface area contributed by atoms with E-state index in [0.717, 1.165) is 0 Å². The van der Waals surface area contributed by atoms with Crippen LogP contribution in [-0.2, 0) is 4.79 Å². The third kappa shape index (κ3) is 1.86. The molecule has 4 nitrogen and oxygen atoms in total. The lowest BCUT2D eigenvalue weighted by molar-refractivity contribution is -0.130. The Morgan fingerprint density at radius 3 is 2.62 bits per heavy atom. The van der Waals surface area contributed by atoms with E-state index in [2.05, 4.69) is 0 Å². The highest BCUT2D eigenvalue weighted by Crippen LogP contribution is 2.32. The standard InChI is InChI=1S/C12H12O4/c1-2-9(12(13)14)8-3-4-10-11(7-8)16-6-5-15-10/h2-4,7H,5-6H2,1H3,(H,13,14). The molecule has 1 aliphatic rings. The Bertz CT molecular complexity index is 448. The van der Waals surface area contributed by atoms with Crippen LogP contribution in [0.2, 0.25) is 0 Å². The maximum absolute atomic E-state index is 11.0. The van der Waals surface area contributed by atoms with Crippen molar-refractivity contribution in [1.82, 2.24) is 0 Å². The van der Waals surface area contributed by atoms with Crippen LogP contribution in [0, 0.1) is 0 Å². The topological polar surface area (TPSA) is 55.8 Å². The zero-order chi connectivity index (χ0) is 11.5. The van der Waals surface area contributed by atoms with Crippen molar-refractivity contribution in [3.8, 4) is 11.5 Å². The van der Waals surface area contributed by atoms with Crippen molar-refractivity contribution in [2.45, 2.75) is 6.92 Å². The molecule has 0 unspecified atom stereocenters. The van der Waals surface area contributed by atoms with Crippen LogP contribution in [0.15, 0.2) is 24.3 Å². The highest BCUT2D eigenvalue weighted by atomic mass is 16.6. The van der Waals surface area contributed by atoms with E-state index in [-0.39, 0.29) is 5.57 Å². The van der Waals surface area contributed by atoms with Gasteiger partial charge in [0.2, 0.25) is 0 Å². The van der Waals surface area contributed by atoms with Crippen molar-refractivity contribution in [2.24, 2.45) is 0 Å². The molecular weight excluding hydrogens is 208 g/mol. The Kier molecular flexibility index (Phi) is 2.81. The predicted octanol–water partition coefficient (Wildman–Crippen LogP) is 1.95. The van der Waals surface area contributed by atoms with Gasteiger partial charge in [-0.1, -0.05) is 12.1 Å². The van der Waals surface area contributed by atoms with E-state index in [4.69, 9.17) is 14.6 Å². The molecule has 2 rings (SSSR count). The summed E-state index contributed by atoms with van der Waals surface area (Å²) >= 11 is 0. The molecule has 0 fully saturated rings. The minimum atomic E-state index is -0.945. The fourth-order valence-corrected chi connectivity index (χ4v) is 1.62. The van der Waals surface area contributed by atoms with Gasteiger partial charge in [-0.05, 0) is 24.6 Å². The van der Waals surface area contributed by atoms with E-state index < -0.39 is 5.97 Å². The molecular formula is C12H12O4. The number of hydrogen-bond donors (Lipinski definition) is 1. The first kappa shape index (κ1) is 10.5. The van der Waals surface area contributed by atoms with Crippen molar-refractivity contribution < 1.29 is 19.4 Å². The lowest BCUT2D eigenvalue weighted by atomic mass is 10.1. The van der Waals surface area contributed by atoms with Gasteiger partial charge in [-0.15, -0.1) is 0 Å². The van der Waals surface area contributed by atoms with Crippen LogP contribution < -0.4 is 9.47 Å². The lowest BCUT2D eigenvalue weighted by Crippen LogP contribution is -2.15. The molecule has 0 bridgehead atoms. The van der Waals surface area contributed by atoms with E-state index in [9.17, 15) is 4.79 Å². The number of ether oxygens (including phenoxy) is 2. The van der Waals surface area contributed by atoms with Gasteiger partial charge in [0.25, 0.3) is 0 Å². The number of fused-ring (bicyclic) bond motifs is 1. The van der Waals surface area contributed by atoms with Crippen LogP contribution in [0.25, 0.3) is 5.57 Å². The monoisotopic (exact) mass is 220 g/mol. The van der Waals surface area contributed by atoms with Crippen molar-refractivity contribution in [3.05, 3.63) is 29.8 Å². The van der Waals surface area contributed by atoms with Crippen LogP contribution >= 0.6 is 0 Å². The van der Waals surface area contributed by atoms with Crippen molar-refractivity contribution in [3.63, 3.8) is 0 Å². The number of rotatable bonds is 2. The summed E-state index contributed by atoms with van der Waals surface area (Å²) in [6.07, 6.45) is 1.56. The number of allylic oxidation sites excluding steroid dienone is 1. The van der Waals surface area contributed by atoms with Gasteiger partial charge >= 0.3 is 5.97 Å².